The van der Waals surface area contributed by atoms with E-state index >= 15 is 0 Å². The fourth-order valence-corrected chi connectivity index (χ4v) is 3.06. The van der Waals surface area contributed by atoms with Gasteiger partial charge in [-0.1, -0.05) is 6.07 Å². The molecule has 2 heterocycles. The van der Waals surface area contributed by atoms with Gasteiger partial charge in [0.05, 0.1) is 0 Å². The quantitative estimate of drug-likeness (QED) is 0.429. The predicted molar refractivity (Wildman–Crippen MR) is 122 cm³/mol. The van der Waals surface area contributed by atoms with E-state index in [0.717, 1.165) is 28.6 Å². The molecule has 0 aliphatic rings. The molecular weight excluding hydrogens is 390 g/mol. The number of aromatic nitrogens is 4. The minimum Gasteiger partial charge on any atom is -0.340 e. The molecule has 2 aromatic heterocycles. The van der Waals surface area contributed by atoms with E-state index in [1.165, 1.54) is 11.9 Å². The van der Waals surface area contributed by atoms with Crippen LogP contribution in [0.4, 0.5) is 27.7 Å². The monoisotopic (exact) mass is 413 g/mol. The fraction of sp³-hybridized carbons (Fsp3) is 0.130. The van der Waals surface area contributed by atoms with Gasteiger partial charge in [0.25, 0.3) is 0 Å². The van der Waals surface area contributed by atoms with Gasteiger partial charge in [0.2, 0.25) is 0 Å². The number of urea groups is 1. The zero-order valence-corrected chi connectivity index (χ0v) is 17.5. The highest BCUT2D eigenvalue weighted by molar-refractivity contribution is 5.99. The van der Waals surface area contributed by atoms with Crippen LogP contribution in [0.15, 0.2) is 67.3 Å². The van der Waals surface area contributed by atoms with Crippen LogP contribution < -0.4 is 16.0 Å². The van der Waals surface area contributed by atoms with Gasteiger partial charge in [-0.15, -0.1) is 0 Å². The SMILES string of the molecule is Cc1ccc(NC(=O)Nc2ccc(Nc3cc(-n4ccnc4C)ncn3)cc2)cc1C. The van der Waals surface area contributed by atoms with E-state index in [0.29, 0.717) is 11.5 Å². The molecule has 31 heavy (non-hydrogen) atoms. The lowest BCUT2D eigenvalue weighted by Crippen LogP contribution is -2.19. The molecule has 156 valence electrons. The van der Waals surface area contributed by atoms with Crippen LogP contribution in [0.25, 0.3) is 5.82 Å². The van der Waals surface area contributed by atoms with Crippen molar-refractivity contribution in [3.8, 4) is 5.82 Å². The number of hydrogen-bond acceptors (Lipinski definition) is 5. The third-order valence-electron chi connectivity index (χ3n) is 4.91. The topological polar surface area (TPSA) is 96.8 Å². The highest BCUT2D eigenvalue weighted by Gasteiger charge is 2.06. The molecule has 0 spiro atoms. The summed E-state index contributed by atoms with van der Waals surface area (Å²) in [6, 6.07) is 14.8. The van der Waals surface area contributed by atoms with Crippen molar-refractivity contribution in [3.05, 3.63) is 84.2 Å². The van der Waals surface area contributed by atoms with Crippen molar-refractivity contribution in [2.24, 2.45) is 0 Å². The summed E-state index contributed by atoms with van der Waals surface area (Å²) in [7, 11) is 0. The van der Waals surface area contributed by atoms with E-state index in [9.17, 15) is 4.79 Å². The second-order valence-electron chi connectivity index (χ2n) is 7.19. The third-order valence-corrected chi connectivity index (χ3v) is 4.91. The van der Waals surface area contributed by atoms with Crippen molar-refractivity contribution in [2.75, 3.05) is 16.0 Å². The number of anilines is 4. The molecule has 0 saturated heterocycles. The van der Waals surface area contributed by atoms with E-state index in [-0.39, 0.29) is 6.03 Å². The Labute approximate surface area is 180 Å². The lowest BCUT2D eigenvalue weighted by atomic mass is 10.1. The Kier molecular flexibility index (Phi) is 5.61. The Morgan fingerprint density at radius 3 is 2.23 bits per heavy atom. The van der Waals surface area contributed by atoms with Gasteiger partial charge in [-0.3, -0.25) is 4.57 Å². The number of nitrogens with zero attached hydrogens (tertiary/aromatic N) is 4. The van der Waals surface area contributed by atoms with E-state index < -0.39 is 0 Å². The van der Waals surface area contributed by atoms with E-state index in [1.807, 2.05) is 80.1 Å². The van der Waals surface area contributed by atoms with Crippen LogP contribution in [0.2, 0.25) is 0 Å². The summed E-state index contributed by atoms with van der Waals surface area (Å²) in [4.78, 5) is 25.0. The Morgan fingerprint density at radius 1 is 0.806 bits per heavy atom. The maximum atomic E-state index is 12.3. The lowest BCUT2D eigenvalue weighted by Gasteiger charge is -2.11. The van der Waals surface area contributed by atoms with Crippen molar-refractivity contribution in [1.29, 1.82) is 0 Å². The second-order valence-corrected chi connectivity index (χ2v) is 7.19. The van der Waals surface area contributed by atoms with Crippen LogP contribution in [0.5, 0.6) is 0 Å². The number of aryl methyl sites for hydroxylation is 3. The van der Waals surface area contributed by atoms with Gasteiger partial charge in [-0.05, 0) is 68.3 Å². The summed E-state index contributed by atoms with van der Waals surface area (Å²) in [5.74, 6) is 2.24. The molecule has 8 nitrogen and oxygen atoms in total. The Hall–Kier alpha value is -4.20. The maximum Gasteiger partial charge on any atom is 0.323 e. The van der Waals surface area contributed by atoms with Crippen LogP contribution >= 0.6 is 0 Å². The van der Waals surface area contributed by atoms with Crippen LogP contribution in [-0.2, 0) is 0 Å². The first-order chi connectivity index (χ1) is 15.0. The second kappa shape index (κ2) is 8.66. The zero-order chi connectivity index (χ0) is 21.8. The van der Waals surface area contributed by atoms with Gasteiger partial charge < -0.3 is 16.0 Å². The first-order valence-corrected chi connectivity index (χ1v) is 9.83. The molecule has 0 radical (unpaired) electrons. The molecule has 0 unspecified atom stereocenters. The van der Waals surface area contributed by atoms with Crippen LogP contribution in [-0.4, -0.2) is 25.6 Å². The largest absolute Gasteiger partial charge is 0.340 e. The summed E-state index contributed by atoms with van der Waals surface area (Å²) < 4.78 is 1.88. The first kappa shape index (κ1) is 20.1. The molecule has 2 aromatic carbocycles. The molecule has 0 fully saturated rings. The molecule has 0 aliphatic heterocycles. The smallest absolute Gasteiger partial charge is 0.323 e. The molecule has 0 saturated carbocycles. The standard InChI is InChI=1S/C23H23N7O/c1-15-4-5-20(12-16(15)2)29-23(31)28-19-8-6-18(7-9-19)27-21-13-22(26-14-25-21)30-11-10-24-17(30)3/h4-14H,1-3H3,(H,25,26,27)(H2,28,29,31). The molecule has 8 heteroatoms. The predicted octanol–water partition coefficient (Wildman–Crippen LogP) is 4.98. The average molecular weight is 413 g/mol. The van der Waals surface area contributed by atoms with E-state index in [1.54, 1.807) is 6.20 Å². The molecule has 4 aromatic rings. The molecule has 0 bridgehead atoms. The number of carbonyl (C=O) groups is 1. The van der Waals surface area contributed by atoms with E-state index in [4.69, 9.17) is 0 Å². The highest BCUT2D eigenvalue weighted by atomic mass is 16.2. The number of nitrogens with one attached hydrogen (secondary N) is 3. The van der Waals surface area contributed by atoms with Crippen molar-refractivity contribution >= 4 is 28.9 Å². The van der Waals surface area contributed by atoms with Crippen LogP contribution in [0, 0.1) is 20.8 Å². The minimum absolute atomic E-state index is 0.292. The Bertz CT molecular complexity index is 1210. The number of benzene rings is 2. The van der Waals surface area contributed by atoms with Gasteiger partial charge in [-0.2, -0.15) is 0 Å². The summed E-state index contributed by atoms with van der Waals surface area (Å²) in [6.45, 7) is 5.97. The Morgan fingerprint density at radius 2 is 1.52 bits per heavy atom. The third kappa shape index (κ3) is 4.87. The fourth-order valence-electron chi connectivity index (χ4n) is 3.06. The van der Waals surface area contributed by atoms with Gasteiger partial charge in [0.1, 0.15) is 23.8 Å². The highest BCUT2D eigenvalue weighted by Crippen LogP contribution is 2.20. The summed E-state index contributed by atoms with van der Waals surface area (Å²) in [6.07, 6.45) is 5.08. The van der Waals surface area contributed by atoms with Crippen molar-refractivity contribution < 1.29 is 4.79 Å². The van der Waals surface area contributed by atoms with Gasteiger partial charge in [-0.25, -0.2) is 19.7 Å². The number of imidazole rings is 1. The normalized spacial score (nSPS) is 10.5. The van der Waals surface area contributed by atoms with Crippen molar-refractivity contribution in [3.63, 3.8) is 0 Å². The van der Waals surface area contributed by atoms with Crippen molar-refractivity contribution in [2.45, 2.75) is 20.8 Å². The average Bonchev–Trinajstić information content (AvgIpc) is 3.18. The van der Waals surface area contributed by atoms with Gasteiger partial charge >= 0.3 is 6.03 Å². The van der Waals surface area contributed by atoms with Crippen LogP contribution in [0.1, 0.15) is 17.0 Å². The number of hydrogen-bond donors (Lipinski definition) is 3. The molecule has 0 aliphatic carbocycles. The van der Waals surface area contributed by atoms with E-state index in [2.05, 4.69) is 30.9 Å². The van der Waals surface area contributed by atoms with Crippen molar-refractivity contribution in [1.82, 2.24) is 19.5 Å². The summed E-state index contributed by atoms with van der Waals surface area (Å²) in [5.41, 5.74) is 4.59. The maximum absolute atomic E-state index is 12.3. The summed E-state index contributed by atoms with van der Waals surface area (Å²) in [5, 5.41) is 8.93. The molecular formula is C23H23N7O. The van der Waals surface area contributed by atoms with Gasteiger partial charge in [0, 0.05) is 35.5 Å². The number of amides is 2. The minimum atomic E-state index is -0.292. The van der Waals surface area contributed by atoms with Gasteiger partial charge in [0.15, 0.2) is 0 Å². The molecule has 2 amide bonds. The number of carbonyl (C=O) groups excluding carboxylic acids is 1. The number of rotatable bonds is 5. The molecule has 0 atom stereocenters. The van der Waals surface area contributed by atoms with Crippen LogP contribution in [0.3, 0.4) is 0 Å². The summed E-state index contributed by atoms with van der Waals surface area (Å²) >= 11 is 0. The lowest BCUT2D eigenvalue weighted by molar-refractivity contribution is 0.262. The first-order valence-electron chi connectivity index (χ1n) is 9.83. The Balaban J connectivity index is 1.39. The molecule has 3 N–H and O–H groups in total. The molecule has 4 rings (SSSR count). The zero-order valence-electron chi connectivity index (χ0n) is 17.5.